The van der Waals surface area contributed by atoms with Gasteiger partial charge in [-0.15, -0.1) is 0 Å². The van der Waals surface area contributed by atoms with E-state index in [2.05, 4.69) is 5.32 Å². The number of hydrogen-bond acceptors (Lipinski definition) is 3. The quantitative estimate of drug-likeness (QED) is 0.836. The molecular weight excluding hydrogens is 228 g/mol. The van der Waals surface area contributed by atoms with Crippen LogP contribution in [0.2, 0.25) is 0 Å². The van der Waals surface area contributed by atoms with Crippen molar-refractivity contribution in [2.24, 2.45) is 5.92 Å². The monoisotopic (exact) mass is 245 g/mol. The molecular formula is C12H17F2NO2. The Morgan fingerprint density at radius 1 is 1.41 bits per heavy atom. The van der Waals surface area contributed by atoms with E-state index in [0.717, 1.165) is 0 Å². The molecule has 96 valence electrons. The summed E-state index contributed by atoms with van der Waals surface area (Å²) in [5, 5.41) is 11.8. The molecule has 0 aromatic carbocycles. The largest absolute Gasteiger partial charge is 0.462 e. The van der Waals surface area contributed by atoms with Crippen LogP contribution in [0.15, 0.2) is 16.5 Å². The van der Waals surface area contributed by atoms with Crippen molar-refractivity contribution in [3.05, 3.63) is 23.7 Å². The van der Waals surface area contributed by atoms with Crippen LogP contribution in [0.25, 0.3) is 0 Å². The summed E-state index contributed by atoms with van der Waals surface area (Å²) in [5.41, 5.74) is 0. The summed E-state index contributed by atoms with van der Waals surface area (Å²) >= 11 is 0. The Morgan fingerprint density at radius 2 is 2.18 bits per heavy atom. The van der Waals surface area contributed by atoms with Crippen LogP contribution in [0.1, 0.15) is 30.8 Å². The average Bonchev–Trinajstić information content (AvgIpc) is 2.86. The Hall–Kier alpha value is -0.940. The molecule has 2 rings (SSSR count). The zero-order valence-electron chi connectivity index (χ0n) is 9.59. The Kier molecular flexibility index (Phi) is 3.79. The van der Waals surface area contributed by atoms with Crippen LogP contribution in [0.5, 0.6) is 0 Å². The second-order valence-electron chi connectivity index (χ2n) is 4.51. The maximum Gasteiger partial charge on any atom is 0.252 e. The fraction of sp³-hybridized carbons (Fsp3) is 0.667. The molecule has 1 aliphatic carbocycles. The molecule has 0 amide bonds. The molecule has 1 heterocycles. The third-order valence-electron chi connectivity index (χ3n) is 3.22. The summed E-state index contributed by atoms with van der Waals surface area (Å²) in [6, 6.07) is 3.42. The maximum atomic E-state index is 13.3. The number of hydrogen-bond donors (Lipinski definition) is 2. The number of halogens is 2. The van der Waals surface area contributed by atoms with Gasteiger partial charge >= 0.3 is 0 Å². The second-order valence-corrected chi connectivity index (χ2v) is 4.51. The van der Waals surface area contributed by atoms with Gasteiger partial charge in [-0.3, -0.25) is 0 Å². The highest BCUT2D eigenvalue weighted by Crippen LogP contribution is 2.39. The van der Waals surface area contributed by atoms with Gasteiger partial charge in [0.1, 0.15) is 18.1 Å². The van der Waals surface area contributed by atoms with Gasteiger partial charge in [-0.2, -0.15) is 0 Å². The number of nitrogens with one attached hydrogen (secondary N) is 1. The average molecular weight is 245 g/mol. The summed E-state index contributed by atoms with van der Waals surface area (Å²) in [6.07, 6.45) is 1.20. The van der Waals surface area contributed by atoms with E-state index >= 15 is 0 Å². The van der Waals surface area contributed by atoms with Gasteiger partial charge in [-0.1, -0.05) is 0 Å². The molecule has 0 spiro atoms. The highest BCUT2D eigenvalue weighted by molar-refractivity contribution is 5.06. The van der Waals surface area contributed by atoms with Gasteiger partial charge in [0.25, 0.3) is 5.92 Å². The Bertz CT molecular complexity index is 365. The zero-order valence-corrected chi connectivity index (χ0v) is 9.59. The van der Waals surface area contributed by atoms with Crippen molar-refractivity contribution >= 4 is 0 Å². The number of furan rings is 1. The van der Waals surface area contributed by atoms with Crippen LogP contribution in [0.3, 0.4) is 0 Å². The lowest BCUT2D eigenvalue weighted by Gasteiger charge is -2.18. The van der Waals surface area contributed by atoms with Gasteiger partial charge in [0.05, 0.1) is 6.54 Å². The first kappa shape index (κ1) is 12.5. The lowest BCUT2D eigenvalue weighted by molar-refractivity contribution is -0.0360. The van der Waals surface area contributed by atoms with E-state index in [-0.39, 0.29) is 13.0 Å². The first-order chi connectivity index (χ1) is 8.12. The number of aliphatic hydroxyl groups excluding tert-OH is 1. The van der Waals surface area contributed by atoms with Crippen LogP contribution in [-0.4, -0.2) is 17.6 Å². The van der Waals surface area contributed by atoms with Crippen LogP contribution in [0.4, 0.5) is 8.78 Å². The molecule has 0 saturated heterocycles. The minimum Gasteiger partial charge on any atom is -0.462 e. The lowest BCUT2D eigenvalue weighted by atomic mass is 10.1. The van der Waals surface area contributed by atoms with Crippen molar-refractivity contribution in [1.29, 1.82) is 0 Å². The Morgan fingerprint density at radius 3 is 2.76 bits per heavy atom. The number of aliphatic hydroxyl groups is 1. The standard InChI is InChI=1S/C12H17F2NO2/c13-12(14)5-1-2-9(12)6-15-7-10-3-4-11(8-16)17-10/h3-4,9,15-16H,1-2,5-8H2. The number of rotatable bonds is 5. The molecule has 0 bridgehead atoms. The van der Waals surface area contributed by atoms with E-state index in [1.165, 1.54) is 0 Å². The molecule has 5 heteroatoms. The van der Waals surface area contributed by atoms with Gasteiger partial charge in [0, 0.05) is 18.9 Å². The van der Waals surface area contributed by atoms with E-state index in [1.54, 1.807) is 12.1 Å². The molecule has 3 nitrogen and oxygen atoms in total. The van der Waals surface area contributed by atoms with Crippen molar-refractivity contribution < 1.29 is 18.3 Å². The molecule has 1 aromatic heterocycles. The second kappa shape index (κ2) is 5.14. The van der Waals surface area contributed by atoms with Crippen molar-refractivity contribution in [3.8, 4) is 0 Å². The third kappa shape index (κ3) is 3.04. The molecule has 1 aromatic rings. The van der Waals surface area contributed by atoms with Crippen molar-refractivity contribution in [2.75, 3.05) is 6.54 Å². The van der Waals surface area contributed by atoms with Gasteiger partial charge < -0.3 is 14.8 Å². The summed E-state index contributed by atoms with van der Waals surface area (Å²) in [5.74, 6) is -1.93. The van der Waals surface area contributed by atoms with E-state index in [0.29, 0.717) is 37.5 Å². The molecule has 1 aliphatic rings. The van der Waals surface area contributed by atoms with Crippen molar-refractivity contribution in [1.82, 2.24) is 5.32 Å². The van der Waals surface area contributed by atoms with Crippen LogP contribution in [-0.2, 0) is 13.2 Å². The molecule has 1 unspecified atom stereocenters. The first-order valence-corrected chi connectivity index (χ1v) is 5.89. The molecule has 17 heavy (non-hydrogen) atoms. The highest BCUT2D eigenvalue weighted by atomic mass is 19.3. The molecule has 0 aliphatic heterocycles. The fourth-order valence-corrected chi connectivity index (χ4v) is 2.22. The van der Waals surface area contributed by atoms with Gasteiger partial charge in [-0.05, 0) is 25.0 Å². The maximum absolute atomic E-state index is 13.3. The molecule has 2 N–H and O–H groups in total. The predicted octanol–water partition coefficient (Wildman–Crippen LogP) is 2.30. The summed E-state index contributed by atoms with van der Waals surface area (Å²) in [7, 11) is 0. The molecule has 0 radical (unpaired) electrons. The summed E-state index contributed by atoms with van der Waals surface area (Å²) < 4.78 is 31.8. The third-order valence-corrected chi connectivity index (χ3v) is 3.22. The summed E-state index contributed by atoms with van der Waals surface area (Å²) in [6.45, 7) is 0.593. The van der Waals surface area contributed by atoms with Crippen LogP contribution >= 0.6 is 0 Å². The molecule has 1 fully saturated rings. The minimum absolute atomic E-state index is 0.00869. The van der Waals surface area contributed by atoms with Gasteiger partial charge in [-0.25, -0.2) is 8.78 Å². The van der Waals surface area contributed by atoms with Gasteiger partial charge in [0.2, 0.25) is 0 Å². The predicted molar refractivity (Wildman–Crippen MR) is 58.6 cm³/mol. The normalized spacial score (nSPS) is 23.1. The van der Waals surface area contributed by atoms with E-state index < -0.39 is 11.8 Å². The van der Waals surface area contributed by atoms with Gasteiger partial charge in [0.15, 0.2) is 0 Å². The summed E-state index contributed by atoms with van der Waals surface area (Å²) in [4.78, 5) is 0. The first-order valence-electron chi connectivity index (χ1n) is 5.89. The van der Waals surface area contributed by atoms with E-state index in [4.69, 9.17) is 9.52 Å². The van der Waals surface area contributed by atoms with Crippen LogP contribution in [0, 0.1) is 5.92 Å². The minimum atomic E-state index is -2.52. The van der Waals surface area contributed by atoms with E-state index in [9.17, 15) is 8.78 Å². The molecule has 1 atom stereocenters. The Labute approximate surface area is 98.8 Å². The van der Waals surface area contributed by atoms with Crippen molar-refractivity contribution in [2.45, 2.75) is 38.3 Å². The van der Waals surface area contributed by atoms with Crippen LogP contribution < -0.4 is 5.32 Å². The van der Waals surface area contributed by atoms with E-state index in [1.807, 2.05) is 0 Å². The smallest absolute Gasteiger partial charge is 0.252 e. The molecule has 1 saturated carbocycles. The fourth-order valence-electron chi connectivity index (χ4n) is 2.22. The number of alkyl halides is 2. The SMILES string of the molecule is OCc1ccc(CNCC2CCCC2(F)F)o1. The Balaban J connectivity index is 1.76. The lowest BCUT2D eigenvalue weighted by Crippen LogP contribution is -2.31. The van der Waals surface area contributed by atoms with Crippen molar-refractivity contribution in [3.63, 3.8) is 0 Å². The topological polar surface area (TPSA) is 45.4 Å². The highest BCUT2D eigenvalue weighted by Gasteiger charge is 2.43. The zero-order chi connectivity index (χ0) is 12.3.